The van der Waals surface area contributed by atoms with Gasteiger partial charge in [0.05, 0.1) is 0 Å². The molecule has 0 amide bonds. The molecule has 3 N–H and O–H groups in total. The summed E-state index contributed by atoms with van der Waals surface area (Å²) in [5, 5.41) is 3.35. The van der Waals surface area contributed by atoms with Crippen molar-refractivity contribution in [3.8, 4) is 0 Å². The van der Waals surface area contributed by atoms with E-state index in [4.69, 9.17) is 15.7 Å². The molecule has 144 valence electrons. The highest BCUT2D eigenvalue weighted by Gasteiger charge is 2.31. The van der Waals surface area contributed by atoms with Gasteiger partial charge in [0.25, 0.3) is 0 Å². The number of aromatic nitrogens is 3. The number of nitrogens with one attached hydrogen (secondary N) is 1. The summed E-state index contributed by atoms with van der Waals surface area (Å²) in [6.07, 6.45) is 1.70. The van der Waals surface area contributed by atoms with Crippen molar-refractivity contribution in [3.63, 3.8) is 0 Å². The Morgan fingerprint density at radius 1 is 1.07 bits per heavy atom. The second-order valence-electron chi connectivity index (χ2n) is 7.11. The number of nitrogens with zero attached hydrogens (tertiary/aromatic N) is 4. The number of benzene rings is 2. The van der Waals surface area contributed by atoms with Gasteiger partial charge in [0.1, 0.15) is 5.82 Å². The second-order valence-corrected chi connectivity index (χ2v) is 7.11. The molecule has 1 aliphatic heterocycles. The van der Waals surface area contributed by atoms with Crippen molar-refractivity contribution in [2.75, 3.05) is 10.2 Å². The summed E-state index contributed by atoms with van der Waals surface area (Å²) < 4.78 is 0. The lowest BCUT2D eigenvalue weighted by Crippen LogP contribution is -2.27. The molecule has 0 spiro atoms. The maximum absolute atomic E-state index is 5.95. The molecule has 0 fully saturated rings. The van der Waals surface area contributed by atoms with Crippen molar-refractivity contribution >= 4 is 17.6 Å². The molecule has 0 saturated heterocycles. The highest BCUT2D eigenvalue weighted by atomic mass is 15.3. The van der Waals surface area contributed by atoms with Crippen LogP contribution in [-0.2, 0) is 25.9 Å². The zero-order chi connectivity index (χ0) is 19.5. The zero-order valence-corrected chi connectivity index (χ0v) is 16.4. The Kier molecular flexibility index (Phi) is 5.21. The molecule has 2 aromatic carbocycles. The molecule has 6 heteroatoms. The monoisotopic (exact) mass is 374 g/mol. The normalized spacial score (nSPS) is 15.5. The highest BCUT2D eigenvalue weighted by Crippen LogP contribution is 2.38. The second kappa shape index (κ2) is 7.94. The fourth-order valence-electron chi connectivity index (χ4n) is 3.73. The number of fused-ring (bicyclic) bond motifs is 1. The van der Waals surface area contributed by atoms with Crippen molar-refractivity contribution in [1.82, 2.24) is 15.0 Å². The first-order valence-electron chi connectivity index (χ1n) is 9.82. The standard InChI is InChI=1S/C22H26N6/c1-3-20-25-21(24-14-16-8-5-4-6-9-16)27-22(26-20)28-15(2)12-18-17(13-23)10-7-11-19(18)28/h4-11,15H,3,12-14,23H2,1-2H3,(H,24,25,26,27). The zero-order valence-electron chi connectivity index (χ0n) is 16.4. The van der Waals surface area contributed by atoms with E-state index >= 15 is 0 Å². The Hall–Kier alpha value is -2.99. The number of anilines is 3. The van der Waals surface area contributed by atoms with Crippen molar-refractivity contribution in [1.29, 1.82) is 0 Å². The first-order chi connectivity index (χ1) is 13.7. The van der Waals surface area contributed by atoms with Gasteiger partial charge in [-0.25, -0.2) is 0 Å². The molecule has 4 rings (SSSR count). The molecule has 0 aliphatic carbocycles. The lowest BCUT2D eigenvalue weighted by atomic mass is 10.0. The lowest BCUT2D eigenvalue weighted by molar-refractivity contribution is 0.727. The average Bonchev–Trinajstić information content (AvgIpc) is 3.08. The van der Waals surface area contributed by atoms with Gasteiger partial charge < -0.3 is 16.0 Å². The van der Waals surface area contributed by atoms with Crippen LogP contribution in [-0.4, -0.2) is 21.0 Å². The third-order valence-electron chi connectivity index (χ3n) is 5.16. The highest BCUT2D eigenvalue weighted by molar-refractivity contribution is 5.69. The molecular weight excluding hydrogens is 348 g/mol. The van der Waals surface area contributed by atoms with E-state index in [-0.39, 0.29) is 6.04 Å². The molecule has 3 aromatic rings. The van der Waals surface area contributed by atoms with Gasteiger partial charge in [-0.3, -0.25) is 0 Å². The van der Waals surface area contributed by atoms with Crippen LogP contribution in [0.5, 0.6) is 0 Å². The van der Waals surface area contributed by atoms with Crippen LogP contribution in [0.4, 0.5) is 17.6 Å². The van der Waals surface area contributed by atoms with E-state index < -0.39 is 0 Å². The minimum Gasteiger partial charge on any atom is -0.350 e. The Balaban J connectivity index is 1.67. The summed E-state index contributed by atoms with van der Waals surface area (Å²) in [5.41, 5.74) is 10.8. The van der Waals surface area contributed by atoms with Gasteiger partial charge in [0.15, 0.2) is 0 Å². The fraction of sp³-hybridized carbons (Fsp3) is 0.318. The molecule has 0 bridgehead atoms. The molecule has 1 aromatic heterocycles. The third kappa shape index (κ3) is 3.55. The minimum absolute atomic E-state index is 0.275. The molecular formula is C22H26N6. The Bertz CT molecular complexity index is 956. The minimum atomic E-state index is 0.275. The number of hydrogen-bond donors (Lipinski definition) is 2. The molecule has 1 aliphatic rings. The quantitative estimate of drug-likeness (QED) is 0.686. The summed E-state index contributed by atoms with van der Waals surface area (Å²) >= 11 is 0. The van der Waals surface area contributed by atoms with Crippen molar-refractivity contribution in [2.45, 2.75) is 45.8 Å². The average molecular weight is 374 g/mol. The topological polar surface area (TPSA) is 80.0 Å². The predicted molar refractivity (Wildman–Crippen MR) is 113 cm³/mol. The van der Waals surface area contributed by atoms with Crippen molar-refractivity contribution in [2.24, 2.45) is 5.73 Å². The van der Waals surface area contributed by atoms with Crippen LogP contribution >= 0.6 is 0 Å². The summed E-state index contributed by atoms with van der Waals surface area (Å²) in [6.45, 7) is 5.49. The van der Waals surface area contributed by atoms with E-state index in [1.54, 1.807) is 0 Å². The predicted octanol–water partition coefficient (Wildman–Crippen LogP) is 3.59. The SMILES string of the molecule is CCc1nc(NCc2ccccc2)nc(N2c3cccc(CN)c3CC2C)n1. The number of rotatable bonds is 6. The first kappa shape index (κ1) is 18.4. The number of aryl methyl sites for hydroxylation is 1. The summed E-state index contributed by atoms with van der Waals surface area (Å²) in [4.78, 5) is 16.3. The smallest absolute Gasteiger partial charge is 0.235 e. The Morgan fingerprint density at radius 3 is 2.64 bits per heavy atom. The summed E-state index contributed by atoms with van der Waals surface area (Å²) in [5.74, 6) is 2.10. The van der Waals surface area contributed by atoms with Crippen LogP contribution in [0.25, 0.3) is 0 Å². The van der Waals surface area contributed by atoms with Crippen molar-refractivity contribution in [3.05, 3.63) is 71.0 Å². The van der Waals surface area contributed by atoms with Gasteiger partial charge in [-0.15, -0.1) is 0 Å². The number of hydrogen-bond acceptors (Lipinski definition) is 6. The maximum atomic E-state index is 5.95. The van der Waals surface area contributed by atoms with Crippen LogP contribution in [0.1, 0.15) is 36.4 Å². The molecule has 6 nitrogen and oxygen atoms in total. The van der Waals surface area contributed by atoms with Crippen LogP contribution in [0.15, 0.2) is 48.5 Å². The molecule has 28 heavy (non-hydrogen) atoms. The van der Waals surface area contributed by atoms with Crippen LogP contribution in [0.2, 0.25) is 0 Å². The molecule has 2 heterocycles. The molecule has 1 atom stereocenters. The van der Waals surface area contributed by atoms with E-state index in [9.17, 15) is 0 Å². The van der Waals surface area contributed by atoms with Crippen LogP contribution in [0.3, 0.4) is 0 Å². The first-order valence-corrected chi connectivity index (χ1v) is 9.82. The summed E-state index contributed by atoms with van der Waals surface area (Å²) in [7, 11) is 0. The van der Waals surface area contributed by atoms with Gasteiger partial charge in [-0.2, -0.15) is 15.0 Å². The van der Waals surface area contributed by atoms with E-state index in [2.05, 4.69) is 59.4 Å². The van der Waals surface area contributed by atoms with Crippen LogP contribution < -0.4 is 16.0 Å². The largest absolute Gasteiger partial charge is 0.350 e. The van der Waals surface area contributed by atoms with E-state index in [1.165, 1.54) is 16.7 Å². The Labute approximate surface area is 165 Å². The summed E-state index contributed by atoms with van der Waals surface area (Å²) in [6, 6.07) is 16.8. The number of nitrogens with two attached hydrogens (primary N) is 1. The third-order valence-corrected chi connectivity index (χ3v) is 5.16. The fourth-order valence-corrected chi connectivity index (χ4v) is 3.73. The maximum Gasteiger partial charge on any atom is 0.235 e. The Morgan fingerprint density at radius 2 is 1.89 bits per heavy atom. The molecule has 1 unspecified atom stereocenters. The van der Waals surface area contributed by atoms with Crippen molar-refractivity contribution < 1.29 is 0 Å². The lowest BCUT2D eigenvalue weighted by Gasteiger charge is -2.23. The van der Waals surface area contributed by atoms with Gasteiger partial charge >= 0.3 is 0 Å². The van der Waals surface area contributed by atoms with Gasteiger partial charge in [0, 0.05) is 31.2 Å². The van der Waals surface area contributed by atoms with E-state index in [0.29, 0.717) is 25.0 Å². The van der Waals surface area contributed by atoms with Crippen LogP contribution in [0, 0.1) is 0 Å². The molecule has 0 saturated carbocycles. The van der Waals surface area contributed by atoms with E-state index in [0.717, 1.165) is 24.4 Å². The van der Waals surface area contributed by atoms with E-state index in [1.807, 2.05) is 18.2 Å². The van der Waals surface area contributed by atoms with Gasteiger partial charge in [0.2, 0.25) is 11.9 Å². The van der Waals surface area contributed by atoms with Gasteiger partial charge in [-0.05, 0) is 36.1 Å². The molecule has 0 radical (unpaired) electrons. The van der Waals surface area contributed by atoms with Gasteiger partial charge in [-0.1, -0.05) is 49.4 Å².